The normalized spacial score (nSPS) is 10.3. The molecule has 0 aliphatic carbocycles. The molecule has 7 heteroatoms. The summed E-state index contributed by atoms with van der Waals surface area (Å²) in [6.07, 6.45) is 0. The topological polar surface area (TPSA) is 70.7 Å². The lowest BCUT2D eigenvalue weighted by Crippen LogP contribution is -2.41. The SMILES string of the molecule is COc1cccc(C(=O)NCCN(C(=O)Nc2cccc(C)c2)c2ccc(F)cc2)c1. The van der Waals surface area contributed by atoms with Gasteiger partial charge in [0.05, 0.1) is 7.11 Å². The summed E-state index contributed by atoms with van der Waals surface area (Å²) in [6.45, 7) is 2.33. The highest BCUT2D eigenvalue weighted by Gasteiger charge is 2.17. The number of halogens is 1. The number of anilines is 2. The van der Waals surface area contributed by atoms with E-state index in [-0.39, 0.29) is 25.0 Å². The van der Waals surface area contributed by atoms with E-state index in [9.17, 15) is 14.0 Å². The molecule has 160 valence electrons. The number of aryl methyl sites for hydroxylation is 1. The second-order valence-corrected chi connectivity index (χ2v) is 6.92. The van der Waals surface area contributed by atoms with Gasteiger partial charge in [0, 0.05) is 30.0 Å². The predicted octanol–water partition coefficient (Wildman–Crippen LogP) is 4.61. The molecule has 3 amide bonds. The van der Waals surface area contributed by atoms with Crippen molar-refractivity contribution in [3.05, 3.63) is 89.7 Å². The van der Waals surface area contributed by atoms with Gasteiger partial charge in [-0.05, 0) is 67.1 Å². The Morgan fingerprint density at radius 1 is 1.00 bits per heavy atom. The van der Waals surface area contributed by atoms with Gasteiger partial charge in [-0.15, -0.1) is 0 Å². The van der Waals surface area contributed by atoms with Crippen molar-refractivity contribution in [3.63, 3.8) is 0 Å². The number of methoxy groups -OCH3 is 1. The molecule has 6 nitrogen and oxygen atoms in total. The van der Waals surface area contributed by atoms with Gasteiger partial charge in [0.1, 0.15) is 11.6 Å². The Morgan fingerprint density at radius 3 is 2.45 bits per heavy atom. The minimum Gasteiger partial charge on any atom is -0.497 e. The fourth-order valence-corrected chi connectivity index (χ4v) is 3.03. The number of urea groups is 1. The summed E-state index contributed by atoms with van der Waals surface area (Å²) in [7, 11) is 1.53. The van der Waals surface area contributed by atoms with E-state index in [1.54, 1.807) is 30.3 Å². The molecule has 0 atom stereocenters. The van der Waals surface area contributed by atoms with Crippen LogP contribution in [0.4, 0.5) is 20.6 Å². The maximum atomic E-state index is 13.4. The molecule has 2 N–H and O–H groups in total. The first kappa shape index (κ1) is 21.8. The minimum atomic E-state index is -0.394. The highest BCUT2D eigenvalue weighted by atomic mass is 19.1. The molecule has 0 aliphatic rings. The molecule has 0 aromatic heterocycles. The smallest absolute Gasteiger partial charge is 0.326 e. The summed E-state index contributed by atoms with van der Waals surface area (Å²) in [4.78, 5) is 26.8. The van der Waals surface area contributed by atoms with Crippen LogP contribution in [0.1, 0.15) is 15.9 Å². The molecule has 0 spiro atoms. The Balaban J connectivity index is 1.69. The third-order valence-electron chi connectivity index (χ3n) is 4.61. The van der Waals surface area contributed by atoms with Gasteiger partial charge >= 0.3 is 6.03 Å². The summed E-state index contributed by atoms with van der Waals surface area (Å²) < 4.78 is 18.5. The minimum absolute atomic E-state index is 0.193. The zero-order valence-electron chi connectivity index (χ0n) is 17.4. The largest absolute Gasteiger partial charge is 0.497 e. The van der Waals surface area contributed by atoms with Gasteiger partial charge in [-0.2, -0.15) is 0 Å². The van der Waals surface area contributed by atoms with Gasteiger partial charge in [-0.3, -0.25) is 9.69 Å². The van der Waals surface area contributed by atoms with Gasteiger partial charge in [0.2, 0.25) is 0 Å². The molecule has 0 aliphatic heterocycles. The third kappa shape index (κ3) is 6.05. The number of carbonyl (C=O) groups is 2. The summed E-state index contributed by atoms with van der Waals surface area (Å²) in [5.74, 6) is -0.0933. The number of nitrogens with one attached hydrogen (secondary N) is 2. The van der Waals surface area contributed by atoms with Gasteiger partial charge in [-0.1, -0.05) is 18.2 Å². The molecule has 3 aromatic rings. The van der Waals surface area contributed by atoms with Crippen LogP contribution in [0.15, 0.2) is 72.8 Å². The highest BCUT2D eigenvalue weighted by molar-refractivity contribution is 6.02. The van der Waals surface area contributed by atoms with Gasteiger partial charge < -0.3 is 15.4 Å². The molecule has 0 saturated carbocycles. The molecule has 0 heterocycles. The van der Waals surface area contributed by atoms with Crippen molar-refractivity contribution in [2.45, 2.75) is 6.92 Å². The van der Waals surface area contributed by atoms with E-state index in [0.29, 0.717) is 22.7 Å². The molecule has 0 radical (unpaired) electrons. The van der Waals surface area contributed by atoms with Crippen LogP contribution in [0.3, 0.4) is 0 Å². The first-order valence-electron chi connectivity index (χ1n) is 9.79. The number of hydrogen-bond donors (Lipinski definition) is 2. The Hall–Kier alpha value is -3.87. The third-order valence-corrected chi connectivity index (χ3v) is 4.61. The fraction of sp³-hybridized carbons (Fsp3) is 0.167. The monoisotopic (exact) mass is 421 g/mol. The molecule has 3 rings (SSSR count). The van der Waals surface area contributed by atoms with Gasteiger partial charge in [-0.25, -0.2) is 9.18 Å². The van der Waals surface area contributed by atoms with Crippen LogP contribution in [0.2, 0.25) is 0 Å². The van der Waals surface area contributed by atoms with Gasteiger partial charge in [0.15, 0.2) is 0 Å². The summed E-state index contributed by atoms with van der Waals surface area (Å²) in [5, 5.41) is 5.64. The Kier molecular flexibility index (Phi) is 7.22. The van der Waals surface area contributed by atoms with E-state index < -0.39 is 5.82 Å². The van der Waals surface area contributed by atoms with E-state index in [1.165, 1.54) is 36.3 Å². The molecule has 0 bridgehead atoms. The van der Waals surface area contributed by atoms with Crippen LogP contribution in [0.5, 0.6) is 5.75 Å². The molecule has 0 saturated heterocycles. The zero-order valence-corrected chi connectivity index (χ0v) is 17.4. The van der Waals surface area contributed by atoms with Crippen molar-refractivity contribution in [1.82, 2.24) is 5.32 Å². The highest BCUT2D eigenvalue weighted by Crippen LogP contribution is 2.18. The quantitative estimate of drug-likeness (QED) is 0.585. The van der Waals surface area contributed by atoms with Crippen molar-refractivity contribution >= 4 is 23.3 Å². The summed E-state index contributed by atoms with van der Waals surface area (Å²) in [6, 6.07) is 19.5. The summed E-state index contributed by atoms with van der Waals surface area (Å²) in [5.41, 5.74) is 2.63. The lowest BCUT2D eigenvalue weighted by molar-refractivity contribution is 0.0954. The average molecular weight is 421 g/mol. The number of hydrogen-bond acceptors (Lipinski definition) is 3. The Bertz CT molecular complexity index is 1050. The Morgan fingerprint density at radius 2 is 1.74 bits per heavy atom. The van der Waals surface area contributed by atoms with Crippen molar-refractivity contribution in [2.24, 2.45) is 0 Å². The molecule has 3 aromatic carbocycles. The predicted molar refractivity (Wildman–Crippen MR) is 119 cm³/mol. The van der Waals surface area contributed by atoms with E-state index >= 15 is 0 Å². The van der Waals surface area contributed by atoms with Crippen molar-refractivity contribution < 1.29 is 18.7 Å². The van der Waals surface area contributed by atoms with Crippen molar-refractivity contribution in [1.29, 1.82) is 0 Å². The molecule has 0 unspecified atom stereocenters. The number of amides is 3. The molecule has 31 heavy (non-hydrogen) atoms. The molecule has 0 fully saturated rings. The first-order valence-corrected chi connectivity index (χ1v) is 9.79. The standard InChI is InChI=1S/C24H24FN3O3/c1-17-5-3-7-20(15-17)27-24(30)28(21-11-9-19(25)10-12-21)14-13-26-23(29)18-6-4-8-22(16-18)31-2/h3-12,15-16H,13-14H2,1-2H3,(H,26,29)(H,27,30). The zero-order chi connectivity index (χ0) is 22.2. The second kappa shape index (κ2) is 10.2. The Labute approximate surface area is 180 Å². The maximum Gasteiger partial charge on any atom is 0.326 e. The van der Waals surface area contributed by atoms with Crippen LogP contribution in [-0.2, 0) is 0 Å². The van der Waals surface area contributed by atoms with Crippen molar-refractivity contribution in [3.8, 4) is 5.75 Å². The fourth-order valence-electron chi connectivity index (χ4n) is 3.03. The molecular weight excluding hydrogens is 397 g/mol. The van der Waals surface area contributed by atoms with E-state index in [1.807, 2.05) is 25.1 Å². The van der Waals surface area contributed by atoms with Crippen molar-refractivity contribution in [2.75, 3.05) is 30.4 Å². The summed E-state index contributed by atoms with van der Waals surface area (Å²) >= 11 is 0. The van der Waals surface area contributed by atoms with Gasteiger partial charge in [0.25, 0.3) is 5.91 Å². The first-order chi connectivity index (χ1) is 15.0. The number of carbonyl (C=O) groups excluding carboxylic acids is 2. The number of nitrogens with zero attached hydrogens (tertiary/aromatic N) is 1. The van der Waals surface area contributed by atoms with E-state index in [0.717, 1.165) is 5.56 Å². The number of benzene rings is 3. The van der Waals surface area contributed by atoms with E-state index in [2.05, 4.69) is 10.6 Å². The van der Waals surface area contributed by atoms with Crippen LogP contribution in [-0.4, -0.2) is 32.1 Å². The average Bonchev–Trinajstić information content (AvgIpc) is 2.77. The number of rotatable bonds is 7. The van der Waals surface area contributed by atoms with Crippen LogP contribution < -0.4 is 20.3 Å². The van der Waals surface area contributed by atoms with Crippen LogP contribution in [0, 0.1) is 12.7 Å². The lowest BCUT2D eigenvalue weighted by atomic mass is 10.2. The number of ether oxygens (including phenoxy) is 1. The van der Waals surface area contributed by atoms with E-state index in [4.69, 9.17) is 4.74 Å². The lowest BCUT2D eigenvalue weighted by Gasteiger charge is -2.23. The molecular formula is C24H24FN3O3. The maximum absolute atomic E-state index is 13.4. The second-order valence-electron chi connectivity index (χ2n) is 6.92. The van der Waals surface area contributed by atoms with Crippen LogP contribution >= 0.6 is 0 Å². The van der Waals surface area contributed by atoms with Crippen LogP contribution in [0.25, 0.3) is 0 Å².